The zero-order chi connectivity index (χ0) is 17.3. The number of likely N-dealkylation sites (tertiary alicyclic amines) is 1. The van der Waals surface area contributed by atoms with Crippen LogP contribution < -0.4 is 4.90 Å². The summed E-state index contributed by atoms with van der Waals surface area (Å²) in [6.45, 7) is 3.20. The van der Waals surface area contributed by atoms with Crippen LogP contribution in [-0.4, -0.2) is 67.7 Å². The minimum absolute atomic E-state index is 0.0453. The van der Waals surface area contributed by atoms with Gasteiger partial charge in [0.05, 0.1) is 12.0 Å². The fraction of sp³-hybridized carbons (Fsp3) is 0.632. The molecule has 2 atom stereocenters. The molecular formula is C19H29N3O2. The van der Waals surface area contributed by atoms with Gasteiger partial charge in [-0.2, -0.15) is 0 Å². The van der Waals surface area contributed by atoms with E-state index < -0.39 is 6.10 Å². The number of piperidine rings is 1. The zero-order valence-corrected chi connectivity index (χ0v) is 15.0. The highest BCUT2D eigenvalue weighted by Crippen LogP contribution is 2.27. The SMILES string of the molecule is CN1CC[C@@H](O)[C@H](C(=O)N(C)Cc2ccc3c(c2)CCCN3C)C1. The Kier molecular flexibility index (Phi) is 5.11. The molecular weight excluding hydrogens is 302 g/mol. The molecule has 1 N–H and O–H groups in total. The topological polar surface area (TPSA) is 47.0 Å². The number of benzene rings is 1. The molecule has 1 amide bonds. The number of hydrogen-bond acceptors (Lipinski definition) is 4. The highest BCUT2D eigenvalue weighted by atomic mass is 16.3. The van der Waals surface area contributed by atoms with E-state index in [9.17, 15) is 9.90 Å². The maximum atomic E-state index is 12.7. The lowest BCUT2D eigenvalue weighted by Crippen LogP contribution is -2.48. The number of carbonyl (C=O) groups is 1. The van der Waals surface area contributed by atoms with Crippen LogP contribution in [0.3, 0.4) is 0 Å². The maximum Gasteiger partial charge on any atom is 0.229 e. The van der Waals surface area contributed by atoms with Gasteiger partial charge in [-0.15, -0.1) is 0 Å². The monoisotopic (exact) mass is 331 g/mol. The Bertz CT molecular complexity index is 604. The molecule has 2 aliphatic rings. The van der Waals surface area contributed by atoms with Crippen LogP contribution in [0.1, 0.15) is 24.0 Å². The van der Waals surface area contributed by atoms with Crippen molar-refractivity contribution in [3.63, 3.8) is 0 Å². The zero-order valence-electron chi connectivity index (χ0n) is 15.0. The Morgan fingerprint density at radius 1 is 1.33 bits per heavy atom. The van der Waals surface area contributed by atoms with Crippen molar-refractivity contribution in [1.82, 2.24) is 9.80 Å². The first-order valence-electron chi connectivity index (χ1n) is 8.90. The molecule has 3 rings (SSSR count). The molecule has 0 aliphatic carbocycles. The fourth-order valence-corrected chi connectivity index (χ4v) is 3.92. The first-order chi connectivity index (χ1) is 11.5. The minimum atomic E-state index is -0.520. The summed E-state index contributed by atoms with van der Waals surface area (Å²) in [7, 11) is 5.98. The number of nitrogens with zero attached hydrogens (tertiary/aromatic N) is 3. The Balaban J connectivity index is 1.68. The number of aliphatic hydroxyl groups is 1. The fourth-order valence-electron chi connectivity index (χ4n) is 3.92. The predicted octanol–water partition coefficient (Wildman–Crippen LogP) is 1.34. The Morgan fingerprint density at radius 2 is 2.12 bits per heavy atom. The van der Waals surface area contributed by atoms with E-state index in [1.54, 1.807) is 4.90 Å². The summed E-state index contributed by atoms with van der Waals surface area (Å²) in [6.07, 6.45) is 2.44. The molecule has 1 aromatic rings. The van der Waals surface area contributed by atoms with E-state index in [-0.39, 0.29) is 11.8 Å². The van der Waals surface area contributed by atoms with Crippen molar-refractivity contribution in [2.24, 2.45) is 5.92 Å². The van der Waals surface area contributed by atoms with Crippen molar-refractivity contribution < 1.29 is 9.90 Å². The molecule has 1 aromatic carbocycles. The van der Waals surface area contributed by atoms with Crippen LogP contribution in [0, 0.1) is 5.92 Å². The number of rotatable bonds is 3. The molecule has 1 fully saturated rings. The molecule has 1 saturated heterocycles. The van der Waals surface area contributed by atoms with Gasteiger partial charge in [0.2, 0.25) is 5.91 Å². The average Bonchev–Trinajstić information content (AvgIpc) is 2.56. The summed E-state index contributed by atoms with van der Waals surface area (Å²) in [5.74, 6) is -0.263. The Labute approximate surface area is 144 Å². The molecule has 0 bridgehead atoms. The van der Waals surface area contributed by atoms with Crippen molar-refractivity contribution in [3.8, 4) is 0 Å². The van der Waals surface area contributed by atoms with Gasteiger partial charge in [-0.3, -0.25) is 4.79 Å². The Hall–Kier alpha value is -1.59. The van der Waals surface area contributed by atoms with Crippen LogP contribution in [0.25, 0.3) is 0 Å². The van der Waals surface area contributed by atoms with Gasteiger partial charge in [-0.05, 0) is 43.5 Å². The van der Waals surface area contributed by atoms with Crippen molar-refractivity contribution in [3.05, 3.63) is 29.3 Å². The van der Waals surface area contributed by atoms with E-state index in [0.29, 0.717) is 19.5 Å². The van der Waals surface area contributed by atoms with E-state index >= 15 is 0 Å². The number of anilines is 1. The third-order valence-electron chi connectivity index (χ3n) is 5.39. The van der Waals surface area contributed by atoms with Crippen LogP contribution in [0.2, 0.25) is 0 Å². The third kappa shape index (κ3) is 3.57. The standard InChI is InChI=1S/C19H29N3O2/c1-20-10-8-18(23)16(13-20)19(24)22(3)12-14-6-7-17-15(11-14)5-4-9-21(17)2/h6-7,11,16,18,23H,4-5,8-10,12-13H2,1-3H3/t16-,18-/m1/s1. The lowest BCUT2D eigenvalue weighted by molar-refractivity contribution is -0.141. The minimum Gasteiger partial charge on any atom is -0.392 e. The van der Waals surface area contributed by atoms with Crippen molar-refractivity contribution in [2.45, 2.75) is 31.9 Å². The van der Waals surface area contributed by atoms with Gasteiger partial charge in [0, 0.05) is 46.0 Å². The summed E-state index contributed by atoms with van der Waals surface area (Å²) in [4.78, 5) is 18.9. The van der Waals surface area contributed by atoms with Gasteiger partial charge in [0.25, 0.3) is 0 Å². The van der Waals surface area contributed by atoms with E-state index in [4.69, 9.17) is 0 Å². The van der Waals surface area contributed by atoms with E-state index in [1.165, 1.54) is 23.2 Å². The number of aliphatic hydroxyl groups excluding tert-OH is 1. The molecule has 0 spiro atoms. The summed E-state index contributed by atoms with van der Waals surface area (Å²) in [5, 5.41) is 10.2. The van der Waals surface area contributed by atoms with Crippen molar-refractivity contribution >= 4 is 11.6 Å². The van der Waals surface area contributed by atoms with Crippen LogP contribution in [0.15, 0.2) is 18.2 Å². The average molecular weight is 331 g/mol. The van der Waals surface area contributed by atoms with Crippen molar-refractivity contribution in [1.29, 1.82) is 0 Å². The van der Waals surface area contributed by atoms with Crippen LogP contribution in [0.5, 0.6) is 0 Å². The maximum absolute atomic E-state index is 12.7. The molecule has 0 saturated carbocycles. The highest BCUT2D eigenvalue weighted by Gasteiger charge is 2.33. The Morgan fingerprint density at radius 3 is 2.92 bits per heavy atom. The van der Waals surface area contributed by atoms with Gasteiger partial charge in [-0.25, -0.2) is 0 Å². The molecule has 2 aliphatic heterocycles. The number of amides is 1. The van der Waals surface area contributed by atoms with Gasteiger partial charge >= 0.3 is 0 Å². The molecule has 5 heteroatoms. The second-order valence-electron chi connectivity index (χ2n) is 7.41. The molecule has 0 radical (unpaired) electrons. The molecule has 24 heavy (non-hydrogen) atoms. The molecule has 0 unspecified atom stereocenters. The third-order valence-corrected chi connectivity index (χ3v) is 5.39. The van der Waals surface area contributed by atoms with Crippen LogP contribution in [0.4, 0.5) is 5.69 Å². The largest absolute Gasteiger partial charge is 0.392 e. The van der Waals surface area contributed by atoms with Gasteiger partial charge < -0.3 is 19.8 Å². The van der Waals surface area contributed by atoms with Crippen LogP contribution >= 0.6 is 0 Å². The van der Waals surface area contributed by atoms with Gasteiger partial charge in [0.1, 0.15) is 0 Å². The summed E-state index contributed by atoms with van der Waals surface area (Å²) >= 11 is 0. The molecule has 0 aromatic heterocycles. The number of hydrogen-bond donors (Lipinski definition) is 1. The lowest BCUT2D eigenvalue weighted by Gasteiger charge is -2.35. The number of aryl methyl sites for hydroxylation is 1. The molecule has 132 valence electrons. The van der Waals surface area contributed by atoms with E-state index in [2.05, 4.69) is 35.0 Å². The first-order valence-corrected chi connectivity index (χ1v) is 8.90. The predicted molar refractivity (Wildman–Crippen MR) is 96.1 cm³/mol. The summed E-state index contributed by atoms with van der Waals surface area (Å²) < 4.78 is 0. The number of carbonyl (C=O) groups excluding carboxylic acids is 1. The first kappa shape index (κ1) is 17.2. The normalized spacial score (nSPS) is 24.6. The lowest BCUT2D eigenvalue weighted by atomic mass is 9.93. The van der Waals surface area contributed by atoms with Crippen LogP contribution in [-0.2, 0) is 17.8 Å². The summed E-state index contributed by atoms with van der Waals surface area (Å²) in [6, 6.07) is 6.53. The highest BCUT2D eigenvalue weighted by molar-refractivity contribution is 5.79. The van der Waals surface area contributed by atoms with E-state index in [1.807, 2.05) is 14.1 Å². The van der Waals surface area contributed by atoms with E-state index in [0.717, 1.165) is 19.5 Å². The van der Waals surface area contributed by atoms with Gasteiger partial charge in [-0.1, -0.05) is 12.1 Å². The smallest absolute Gasteiger partial charge is 0.229 e. The summed E-state index contributed by atoms with van der Waals surface area (Å²) in [5.41, 5.74) is 3.85. The quantitative estimate of drug-likeness (QED) is 0.908. The van der Waals surface area contributed by atoms with Gasteiger partial charge in [0.15, 0.2) is 0 Å². The molecule has 5 nitrogen and oxygen atoms in total. The number of fused-ring (bicyclic) bond motifs is 1. The second kappa shape index (κ2) is 7.11. The van der Waals surface area contributed by atoms with Crippen molar-refractivity contribution in [2.75, 3.05) is 45.7 Å². The molecule has 2 heterocycles. The second-order valence-corrected chi connectivity index (χ2v) is 7.41.